The van der Waals surface area contributed by atoms with Gasteiger partial charge < -0.3 is 10.2 Å². The van der Waals surface area contributed by atoms with Crippen LogP contribution in [-0.2, 0) is 9.59 Å². The second-order valence-electron chi connectivity index (χ2n) is 6.54. The maximum absolute atomic E-state index is 13.5. The fourth-order valence-electron chi connectivity index (χ4n) is 3.75. The molecule has 0 bridgehead atoms. The van der Waals surface area contributed by atoms with Crippen molar-refractivity contribution in [2.75, 3.05) is 17.3 Å². The highest BCUT2D eigenvalue weighted by Crippen LogP contribution is 2.45. The molecule has 6 nitrogen and oxygen atoms in total. The maximum Gasteiger partial charge on any atom is 0.271 e. The fraction of sp³-hybridized carbons (Fsp3) is 0.211. The number of halogens is 2. The number of benzene rings is 2. The van der Waals surface area contributed by atoms with E-state index in [0.717, 1.165) is 0 Å². The molecule has 0 spiro atoms. The monoisotopic (exact) mass is 387 g/mol. The average molecular weight is 388 g/mol. The van der Waals surface area contributed by atoms with Crippen molar-refractivity contribution in [2.24, 2.45) is 0 Å². The van der Waals surface area contributed by atoms with Gasteiger partial charge in [-0.15, -0.1) is 0 Å². The number of carbonyl (C=O) groups excluding carboxylic acids is 3. The Hall–Kier alpha value is -2.93. The Morgan fingerprint density at radius 3 is 2.74 bits per heavy atom. The smallest absolute Gasteiger partial charge is 0.271 e. The number of rotatable bonds is 2. The summed E-state index contributed by atoms with van der Waals surface area (Å²) in [7, 11) is 1.48. The van der Waals surface area contributed by atoms with Crippen LogP contribution in [0.25, 0.3) is 0 Å². The molecule has 0 radical (unpaired) electrons. The minimum atomic E-state index is -1.53. The van der Waals surface area contributed by atoms with Gasteiger partial charge in [-0.2, -0.15) is 0 Å². The van der Waals surface area contributed by atoms with Gasteiger partial charge in [-0.25, -0.2) is 4.39 Å². The summed E-state index contributed by atoms with van der Waals surface area (Å²) in [6.07, 6.45) is 0.224. The third-order valence-electron chi connectivity index (χ3n) is 5.04. The highest BCUT2D eigenvalue weighted by molar-refractivity contribution is 6.31. The molecule has 0 saturated carbocycles. The number of carbonyl (C=O) groups is 3. The van der Waals surface area contributed by atoms with E-state index in [1.165, 1.54) is 53.2 Å². The number of likely N-dealkylation sites (N-methyl/N-ethyl adjacent to an activating group) is 1. The summed E-state index contributed by atoms with van der Waals surface area (Å²) in [4.78, 5) is 41.4. The Labute approximate surface area is 159 Å². The molecule has 1 atom stereocenters. The SMILES string of the molecule is CN1C(=O)c2ccc(Cl)cc2N2C(=O)CCC12C(=O)Nc1cccc(F)c1. The average Bonchev–Trinajstić information content (AvgIpc) is 2.98. The number of anilines is 2. The van der Waals surface area contributed by atoms with Crippen LogP contribution in [0.5, 0.6) is 0 Å². The van der Waals surface area contributed by atoms with Crippen LogP contribution in [0.15, 0.2) is 42.5 Å². The Kier molecular flexibility index (Phi) is 3.92. The molecule has 1 saturated heterocycles. The van der Waals surface area contributed by atoms with Gasteiger partial charge in [-0.1, -0.05) is 17.7 Å². The van der Waals surface area contributed by atoms with Crippen LogP contribution in [0.4, 0.5) is 15.8 Å². The van der Waals surface area contributed by atoms with Crippen LogP contribution in [0.3, 0.4) is 0 Å². The predicted octanol–water partition coefficient (Wildman–Crippen LogP) is 3.03. The molecule has 3 amide bonds. The second kappa shape index (κ2) is 6.06. The van der Waals surface area contributed by atoms with Gasteiger partial charge in [0.25, 0.3) is 11.8 Å². The van der Waals surface area contributed by atoms with E-state index < -0.39 is 17.4 Å². The van der Waals surface area contributed by atoms with Crippen molar-refractivity contribution >= 4 is 40.7 Å². The van der Waals surface area contributed by atoms with Crippen LogP contribution in [-0.4, -0.2) is 35.3 Å². The molecule has 2 aliphatic rings. The summed E-state index contributed by atoms with van der Waals surface area (Å²) >= 11 is 6.07. The number of hydrogen-bond donors (Lipinski definition) is 1. The molecule has 2 heterocycles. The van der Waals surface area contributed by atoms with Crippen molar-refractivity contribution in [1.82, 2.24) is 4.90 Å². The minimum absolute atomic E-state index is 0.0974. The number of fused-ring (bicyclic) bond motifs is 3. The molecular weight excluding hydrogens is 373 g/mol. The van der Waals surface area contributed by atoms with Crippen LogP contribution in [0, 0.1) is 5.82 Å². The Balaban J connectivity index is 1.83. The summed E-state index contributed by atoms with van der Waals surface area (Å²) in [5.41, 5.74) is -0.682. The van der Waals surface area contributed by atoms with Crippen molar-refractivity contribution in [1.29, 1.82) is 0 Å². The molecule has 0 aliphatic carbocycles. The first-order valence-corrected chi connectivity index (χ1v) is 8.70. The summed E-state index contributed by atoms with van der Waals surface area (Å²) in [6.45, 7) is 0. The molecule has 1 fully saturated rings. The zero-order valence-electron chi connectivity index (χ0n) is 14.3. The molecule has 1 N–H and O–H groups in total. The summed E-state index contributed by atoms with van der Waals surface area (Å²) < 4.78 is 13.5. The van der Waals surface area contributed by atoms with E-state index in [9.17, 15) is 18.8 Å². The van der Waals surface area contributed by atoms with Crippen molar-refractivity contribution in [3.8, 4) is 0 Å². The van der Waals surface area contributed by atoms with Crippen molar-refractivity contribution < 1.29 is 18.8 Å². The molecule has 138 valence electrons. The van der Waals surface area contributed by atoms with Crippen LogP contribution in [0.1, 0.15) is 23.2 Å². The Bertz CT molecular complexity index is 996. The van der Waals surface area contributed by atoms with Crippen LogP contribution >= 0.6 is 11.6 Å². The molecule has 0 aromatic heterocycles. The molecule has 2 aromatic carbocycles. The van der Waals surface area contributed by atoms with E-state index in [1.807, 2.05) is 0 Å². The van der Waals surface area contributed by atoms with E-state index >= 15 is 0 Å². The standard InChI is InChI=1S/C19H15ClFN3O3/c1-23-17(26)14-6-5-11(20)9-15(14)24-16(25)7-8-19(23,24)18(27)22-13-4-2-3-12(21)10-13/h2-6,9-10H,7-8H2,1H3,(H,22,27). The maximum atomic E-state index is 13.5. The molecule has 8 heteroatoms. The third kappa shape index (κ3) is 2.49. The predicted molar refractivity (Wildman–Crippen MR) is 98.0 cm³/mol. The zero-order valence-corrected chi connectivity index (χ0v) is 15.1. The summed E-state index contributed by atoms with van der Waals surface area (Å²) in [5.74, 6) is -1.76. The van der Waals surface area contributed by atoms with Crippen molar-refractivity contribution in [2.45, 2.75) is 18.5 Å². The zero-order chi connectivity index (χ0) is 19.3. The Morgan fingerprint density at radius 1 is 1.22 bits per heavy atom. The lowest BCUT2D eigenvalue weighted by Gasteiger charge is -2.47. The second-order valence-corrected chi connectivity index (χ2v) is 6.97. The van der Waals surface area contributed by atoms with Gasteiger partial charge >= 0.3 is 0 Å². The van der Waals surface area contributed by atoms with Gasteiger partial charge in [0.05, 0.1) is 11.3 Å². The highest BCUT2D eigenvalue weighted by atomic mass is 35.5. The highest BCUT2D eigenvalue weighted by Gasteiger charge is 2.59. The number of nitrogens with one attached hydrogen (secondary N) is 1. The summed E-state index contributed by atoms with van der Waals surface area (Å²) in [6, 6.07) is 10.0. The van der Waals surface area contributed by atoms with Crippen molar-refractivity contribution in [3.05, 3.63) is 58.9 Å². The van der Waals surface area contributed by atoms with Gasteiger partial charge in [0.1, 0.15) is 5.82 Å². The lowest BCUT2D eigenvalue weighted by Crippen LogP contribution is -2.68. The van der Waals surface area contributed by atoms with E-state index in [4.69, 9.17) is 11.6 Å². The van der Waals surface area contributed by atoms with Crippen molar-refractivity contribution in [3.63, 3.8) is 0 Å². The largest absolute Gasteiger partial charge is 0.322 e. The van der Waals surface area contributed by atoms with E-state index in [0.29, 0.717) is 16.3 Å². The van der Waals surface area contributed by atoms with E-state index in [2.05, 4.69) is 5.32 Å². The van der Waals surface area contributed by atoms with Gasteiger partial charge in [0, 0.05) is 30.6 Å². The first-order chi connectivity index (χ1) is 12.8. The molecule has 2 aromatic rings. The summed E-state index contributed by atoms with van der Waals surface area (Å²) in [5, 5.41) is 2.98. The quantitative estimate of drug-likeness (QED) is 0.861. The van der Waals surface area contributed by atoms with Gasteiger partial charge in [-0.05, 0) is 36.4 Å². The van der Waals surface area contributed by atoms with E-state index in [-0.39, 0.29) is 30.3 Å². The molecular formula is C19H15ClFN3O3. The number of hydrogen-bond acceptors (Lipinski definition) is 3. The molecule has 4 rings (SSSR count). The van der Waals surface area contributed by atoms with Crippen LogP contribution < -0.4 is 10.2 Å². The minimum Gasteiger partial charge on any atom is -0.322 e. The fourth-order valence-corrected chi connectivity index (χ4v) is 3.91. The molecule has 27 heavy (non-hydrogen) atoms. The first kappa shape index (κ1) is 17.5. The first-order valence-electron chi connectivity index (χ1n) is 8.32. The number of nitrogens with zero attached hydrogens (tertiary/aromatic N) is 2. The van der Waals surface area contributed by atoms with E-state index in [1.54, 1.807) is 6.07 Å². The topological polar surface area (TPSA) is 69.7 Å². The third-order valence-corrected chi connectivity index (χ3v) is 5.28. The van der Waals surface area contributed by atoms with Gasteiger partial charge in [0.15, 0.2) is 0 Å². The lowest BCUT2D eigenvalue weighted by molar-refractivity contribution is -0.128. The normalized spacial score (nSPS) is 21.1. The van der Waals surface area contributed by atoms with Gasteiger partial charge in [0.2, 0.25) is 11.6 Å². The number of amides is 3. The molecule has 1 unspecified atom stereocenters. The lowest BCUT2D eigenvalue weighted by atomic mass is 9.96. The Morgan fingerprint density at radius 2 is 2.00 bits per heavy atom. The van der Waals surface area contributed by atoms with Gasteiger partial charge in [-0.3, -0.25) is 19.3 Å². The van der Waals surface area contributed by atoms with Crippen LogP contribution in [0.2, 0.25) is 5.02 Å². The molecule has 2 aliphatic heterocycles.